The fraction of sp³-hybridized carbons (Fsp3) is 0.0667. The number of anilines is 1. The fourth-order valence-corrected chi connectivity index (χ4v) is 2.27. The minimum Gasteiger partial charge on any atom is -0.508 e. The number of aromatic hydroxyl groups is 1. The first-order chi connectivity index (χ1) is 8.74. The SMILES string of the molecule is Nc1cccc2ccn(Cc3cccc(O)c3)c12. The van der Waals surface area contributed by atoms with E-state index in [2.05, 4.69) is 10.6 Å². The van der Waals surface area contributed by atoms with Crippen LogP contribution in [0.3, 0.4) is 0 Å². The fourth-order valence-electron chi connectivity index (χ4n) is 2.27. The lowest BCUT2D eigenvalue weighted by Gasteiger charge is -2.08. The van der Waals surface area contributed by atoms with E-state index in [0.717, 1.165) is 22.2 Å². The normalized spacial score (nSPS) is 10.9. The third kappa shape index (κ3) is 1.80. The standard InChI is InChI=1S/C15H14N2O/c16-14-6-2-4-12-7-8-17(15(12)14)10-11-3-1-5-13(18)9-11/h1-9,18H,10,16H2. The molecule has 0 bridgehead atoms. The van der Waals surface area contributed by atoms with Gasteiger partial charge in [-0.05, 0) is 29.8 Å². The van der Waals surface area contributed by atoms with Crippen LogP contribution in [0, 0.1) is 0 Å². The van der Waals surface area contributed by atoms with Crippen LogP contribution < -0.4 is 5.73 Å². The molecule has 3 nitrogen and oxygen atoms in total. The Morgan fingerprint density at radius 2 is 1.89 bits per heavy atom. The van der Waals surface area contributed by atoms with Gasteiger partial charge in [0.05, 0.1) is 11.2 Å². The lowest BCUT2D eigenvalue weighted by molar-refractivity contribution is 0.474. The molecule has 0 amide bonds. The second-order valence-electron chi connectivity index (χ2n) is 4.40. The van der Waals surface area contributed by atoms with Crippen LogP contribution in [0.25, 0.3) is 10.9 Å². The van der Waals surface area contributed by atoms with E-state index in [0.29, 0.717) is 6.54 Å². The van der Waals surface area contributed by atoms with Crippen molar-refractivity contribution in [3.63, 3.8) is 0 Å². The Labute approximate surface area is 105 Å². The van der Waals surface area contributed by atoms with Crippen LogP contribution in [0.1, 0.15) is 5.56 Å². The minimum atomic E-state index is 0.289. The van der Waals surface area contributed by atoms with Crippen molar-refractivity contribution in [3.8, 4) is 5.75 Å². The summed E-state index contributed by atoms with van der Waals surface area (Å²) in [6.07, 6.45) is 2.02. The maximum absolute atomic E-state index is 9.48. The smallest absolute Gasteiger partial charge is 0.115 e. The highest BCUT2D eigenvalue weighted by molar-refractivity contribution is 5.90. The Morgan fingerprint density at radius 1 is 1.06 bits per heavy atom. The number of rotatable bonds is 2. The predicted octanol–water partition coefficient (Wildman–Crippen LogP) is 2.98. The average Bonchev–Trinajstić information content (AvgIpc) is 2.74. The Bertz CT molecular complexity index is 701. The van der Waals surface area contributed by atoms with Gasteiger partial charge in [0.25, 0.3) is 0 Å². The van der Waals surface area contributed by atoms with Crippen molar-refractivity contribution >= 4 is 16.6 Å². The van der Waals surface area contributed by atoms with Gasteiger partial charge in [0.15, 0.2) is 0 Å². The average molecular weight is 238 g/mol. The zero-order valence-corrected chi connectivity index (χ0v) is 9.88. The molecular weight excluding hydrogens is 224 g/mol. The molecule has 2 aromatic carbocycles. The molecule has 0 atom stereocenters. The highest BCUT2D eigenvalue weighted by Gasteiger charge is 2.05. The van der Waals surface area contributed by atoms with Gasteiger partial charge in [-0.3, -0.25) is 0 Å². The summed E-state index contributed by atoms with van der Waals surface area (Å²) in [5, 5.41) is 10.6. The van der Waals surface area contributed by atoms with Crippen LogP contribution in [0.5, 0.6) is 5.75 Å². The Hall–Kier alpha value is -2.42. The predicted molar refractivity (Wildman–Crippen MR) is 73.6 cm³/mol. The van der Waals surface area contributed by atoms with Gasteiger partial charge in [0, 0.05) is 18.1 Å². The van der Waals surface area contributed by atoms with E-state index >= 15 is 0 Å². The van der Waals surface area contributed by atoms with Crippen molar-refractivity contribution in [3.05, 3.63) is 60.3 Å². The summed E-state index contributed by atoms with van der Waals surface area (Å²) in [5.74, 6) is 0.289. The van der Waals surface area contributed by atoms with E-state index < -0.39 is 0 Å². The van der Waals surface area contributed by atoms with Crippen LogP contribution in [-0.2, 0) is 6.54 Å². The van der Waals surface area contributed by atoms with Gasteiger partial charge < -0.3 is 15.4 Å². The van der Waals surface area contributed by atoms with Gasteiger partial charge in [-0.2, -0.15) is 0 Å². The van der Waals surface area contributed by atoms with Crippen molar-refractivity contribution in [1.82, 2.24) is 4.57 Å². The molecule has 0 spiro atoms. The first-order valence-corrected chi connectivity index (χ1v) is 5.85. The zero-order chi connectivity index (χ0) is 12.5. The van der Waals surface area contributed by atoms with E-state index in [1.54, 1.807) is 12.1 Å². The first kappa shape index (κ1) is 10.7. The van der Waals surface area contributed by atoms with Gasteiger partial charge in [-0.25, -0.2) is 0 Å². The summed E-state index contributed by atoms with van der Waals surface area (Å²) < 4.78 is 2.10. The third-order valence-corrected chi connectivity index (χ3v) is 3.08. The number of benzene rings is 2. The Kier molecular flexibility index (Phi) is 2.45. The van der Waals surface area contributed by atoms with E-state index in [-0.39, 0.29) is 5.75 Å². The highest BCUT2D eigenvalue weighted by atomic mass is 16.3. The molecule has 0 radical (unpaired) electrons. The van der Waals surface area contributed by atoms with Crippen molar-refractivity contribution in [2.75, 3.05) is 5.73 Å². The van der Waals surface area contributed by atoms with Crippen molar-refractivity contribution in [2.45, 2.75) is 6.54 Å². The molecule has 90 valence electrons. The molecule has 1 aromatic heterocycles. The summed E-state index contributed by atoms with van der Waals surface area (Å²) >= 11 is 0. The molecule has 0 saturated heterocycles. The summed E-state index contributed by atoms with van der Waals surface area (Å²) in [4.78, 5) is 0. The van der Waals surface area contributed by atoms with Crippen molar-refractivity contribution < 1.29 is 5.11 Å². The van der Waals surface area contributed by atoms with Crippen molar-refractivity contribution in [2.24, 2.45) is 0 Å². The second kappa shape index (κ2) is 4.11. The molecule has 0 saturated carbocycles. The first-order valence-electron chi connectivity index (χ1n) is 5.85. The maximum atomic E-state index is 9.48. The summed E-state index contributed by atoms with van der Waals surface area (Å²) in [7, 11) is 0. The van der Waals surface area contributed by atoms with Gasteiger partial charge >= 0.3 is 0 Å². The molecule has 0 unspecified atom stereocenters. The molecule has 3 aromatic rings. The summed E-state index contributed by atoms with van der Waals surface area (Å²) in [6, 6.07) is 15.2. The van der Waals surface area contributed by atoms with Gasteiger partial charge in [0.2, 0.25) is 0 Å². The zero-order valence-electron chi connectivity index (χ0n) is 9.88. The number of para-hydroxylation sites is 1. The van der Waals surface area contributed by atoms with Crippen LogP contribution in [0.2, 0.25) is 0 Å². The van der Waals surface area contributed by atoms with E-state index in [1.165, 1.54) is 0 Å². The molecule has 3 rings (SSSR count). The summed E-state index contributed by atoms with van der Waals surface area (Å²) in [5.41, 5.74) is 8.88. The third-order valence-electron chi connectivity index (χ3n) is 3.08. The van der Waals surface area contributed by atoms with Crippen molar-refractivity contribution in [1.29, 1.82) is 0 Å². The topological polar surface area (TPSA) is 51.2 Å². The number of phenols is 1. The quantitative estimate of drug-likeness (QED) is 0.674. The molecule has 0 aliphatic carbocycles. The largest absolute Gasteiger partial charge is 0.508 e. The van der Waals surface area contributed by atoms with E-state index in [9.17, 15) is 5.11 Å². The number of fused-ring (bicyclic) bond motifs is 1. The monoisotopic (exact) mass is 238 g/mol. The number of hydrogen-bond acceptors (Lipinski definition) is 2. The molecule has 3 heteroatoms. The summed E-state index contributed by atoms with van der Waals surface area (Å²) in [6.45, 7) is 0.701. The molecule has 0 aliphatic heterocycles. The van der Waals surface area contributed by atoms with Crippen LogP contribution in [0.15, 0.2) is 54.7 Å². The Balaban J connectivity index is 2.05. The number of nitrogens with two attached hydrogens (primary N) is 1. The van der Waals surface area contributed by atoms with Gasteiger partial charge in [-0.15, -0.1) is 0 Å². The van der Waals surface area contributed by atoms with Crippen LogP contribution in [-0.4, -0.2) is 9.67 Å². The lowest BCUT2D eigenvalue weighted by atomic mass is 10.2. The number of phenolic OH excluding ortho intramolecular Hbond substituents is 1. The molecule has 18 heavy (non-hydrogen) atoms. The maximum Gasteiger partial charge on any atom is 0.115 e. The second-order valence-corrected chi connectivity index (χ2v) is 4.40. The van der Waals surface area contributed by atoms with E-state index in [1.807, 2.05) is 36.5 Å². The minimum absolute atomic E-state index is 0.289. The molecular formula is C15H14N2O. The van der Waals surface area contributed by atoms with Crippen LogP contribution in [0.4, 0.5) is 5.69 Å². The number of nitrogens with zero attached hydrogens (tertiary/aromatic N) is 1. The Morgan fingerprint density at radius 3 is 2.72 bits per heavy atom. The molecule has 0 fully saturated rings. The van der Waals surface area contributed by atoms with E-state index in [4.69, 9.17) is 5.73 Å². The number of nitrogen functional groups attached to an aromatic ring is 1. The molecule has 1 heterocycles. The number of hydrogen-bond donors (Lipinski definition) is 2. The van der Waals surface area contributed by atoms with Gasteiger partial charge in [0.1, 0.15) is 5.75 Å². The van der Waals surface area contributed by atoms with Gasteiger partial charge in [-0.1, -0.05) is 24.3 Å². The molecule has 0 aliphatic rings. The lowest BCUT2D eigenvalue weighted by Crippen LogP contribution is -1.99. The van der Waals surface area contributed by atoms with Crippen LogP contribution >= 0.6 is 0 Å². The number of aromatic nitrogens is 1. The highest BCUT2D eigenvalue weighted by Crippen LogP contribution is 2.23. The molecule has 3 N–H and O–H groups in total.